The summed E-state index contributed by atoms with van der Waals surface area (Å²) in [7, 11) is -3.37. The highest BCUT2D eigenvalue weighted by atomic mass is 35.5. The highest BCUT2D eigenvalue weighted by Gasteiger charge is 2.16. The number of ether oxygens (including phenoxy) is 1. The van der Waals surface area contributed by atoms with Crippen LogP contribution in [0.4, 0.5) is 5.69 Å². The van der Waals surface area contributed by atoms with Gasteiger partial charge in [-0.2, -0.15) is 0 Å². The monoisotopic (exact) mass is 500 g/mol. The SMILES string of the molecule is C=CN(/C=C\C)c1cc(C)nc2c(OCc3c(Cl)cncc3CNS(=O)(=O)CCC)cccc12. The van der Waals surface area contributed by atoms with E-state index in [1.807, 2.05) is 62.2 Å². The summed E-state index contributed by atoms with van der Waals surface area (Å²) >= 11 is 6.41. The molecule has 0 fully saturated rings. The molecular formula is C25H29ClN4O3S. The number of halogens is 1. The van der Waals surface area contributed by atoms with Gasteiger partial charge in [0.2, 0.25) is 10.0 Å². The molecule has 9 heteroatoms. The van der Waals surface area contributed by atoms with Gasteiger partial charge in [-0.05, 0) is 38.0 Å². The molecule has 0 amide bonds. The third-order valence-corrected chi connectivity index (χ3v) is 6.97. The zero-order valence-electron chi connectivity index (χ0n) is 19.6. The molecule has 3 rings (SSSR count). The van der Waals surface area contributed by atoms with E-state index in [1.165, 1.54) is 6.20 Å². The predicted molar refractivity (Wildman–Crippen MR) is 138 cm³/mol. The van der Waals surface area contributed by atoms with E-state index in [2.05, 4.69) is 16.3 Å². The second-order valence-corrected chi connectivity index (χ2v) is 10.0. The summed E-state index contributed by atoms with van der Waals surface area (Å²) in [6, 6.07) is 7.74. The van der Waals surface area contributed by atoms with Crippen LogP contribution in [0, 0.1) is 6.92 Å². The van der Waals surface area contributed by atoms with Gasteiger partial charge < -0.3 is 9.64 Å². The van der Waals surface area contributed by atoms with Crippen LogP contribution in [0.3, 0.4) is 0 Å². The van der Waals surface area contributed by atoms with Crippen LogP contribution in [0.2, 0.25) is 5.02 Å². The molecule has 0 atom stereocenters. The van der Waals surface area contributed by atoms with E-state index in [-0.39, 0.29) is 18.9 Å². The van der Waals surface area contributed by atoms with Crippen LogP contribution in [-0.4, -0.2) is 24.1 Å². The van der Waals surface area contributed by atoms with Gasteiger partial charge in [0, 0.05) is 48.0 Å². The van der Waals surface area contributed by atoms with E-state index >= 15 is 0 Å². The number of para-hydroxylation sites is 1. The molecule has 0 aliphatic heterocycles. The number of nitrogens with one attached hydrogen (secondary N) is 1. The Bertz CT molecular complexity index is 1310. The zero-order chi connectivity index (χ0) is 24.7. The first kappa shape index (κ1) is 25.7. The minimum Gasteiger partial charge on any atom is -0.487 e. The van der Waals surface area contributed by atoms with Crippen molar-refractivity contribution in [3.05, 3.63) is 83.6 Å². The number of fused-ring (bicyclic) bond motifs is 1. The summed E-state index contributed by atoms with van der Waals surface area (Å²) in [4.78, 5) is 10.8. The molecule has 0 bridgehead atoms. The molecule has 0 saturated carbocycles. The normalized spacial score (nSPS) is 11.8. The Morgan fingerprint density at radius 2 is 2.09 bits per heavy atom. The van der Waals surface area contributed by atoms with Gasteiger partial charge in [0.15, 0.2) is 0 Å². The molecule has 2 aromatic heterocycles. The lowest BCUT2D eigenvalue weighted by Gasteiger charge is -2.19. The van der Waals surface area contributed by atoms with E-state index < -0.39 is 10.0 Å². The van der Waals surface area contributed by atoms with Gasteiger partial charge >= 0.3 is 0 Å². The molecular weight excluding hydrogens is 472 g/mol. The molecule has 0 radical (unpaired) electrons. The number of aryl methyl sites for hydroxylation is 1. The van der Waals surface area contributed by atoms with Gasteiger partial charge in [-0.1, -0.05) is 43.3 Å². The Hall–Kier alpha value is -2.94. The largest absolute Gasteiger partial charge is 0.487 e. The fourth-order valence-corrected chi connectivity index (χ4v) is 4.84. The Morgan fingerprint density at radius 3 is 2.79 bits per heavy atom. The van der Waals surface area contributed by atoms with Crippen molar-refractivity contribution in [2.45, 2.75) is 40.3 Å². The minimum atomic E-state index is -3.37. The summed E-state index contributed by atoms with van der Waals surface area (Å²) in [5.41, 5.74) is 3.81. The molecule has 0 spiro atoms. The lowest BCUT2D eigenvalue weighted by atomic mass is 10.1. The van der Waals surface area contributed by atoms with Crippen LogP contribution >= 0.6 is 11.6 Å². The minimum absolute atomic E-state index is 0.0606. The van der Waals surface area contributed by atoms with Crippen LogP contribution in [0.25, 0.3) is 10.9 Å². The number of sulfonamides is 1. The van der Waals surface area contributed by atoms with E-state index in [4.69, 9.17) is 21.3 Å². The Kier molecular flexibility index (Phi) is 8.66. The van der Waals surface area contributed by atoms with Crippen molar-refractivity contribution >= 4 is 38.2 Å². The van der Waals surface area contributed by atoms with Crippen molar-refractivity contribution in [1.82, 2.24) is 14.7 Å². The molecule has 1 aromatic carbocycles. The Balaban J connectivity index is 1.93. The molecule has 1 N–H and O–H groups in total. The number of hydrogen-bond acceptors (Lipinski definition) is 6. The molecule has 34 heavy (non-hydrogen) atoms. The summed E-state index contributed by atoms with van der Waals surface area (Å²) in [6.07, 6.45) is 9.26. The maximum absolute atomic E-state index is 12.1. The third kappa shape index (κ3) is 6.14. The molecule has 2 heterocycles. The van der Waals surface area contributed by atoms with Gasteiger partial charge in [0.1, 0.15) is 17.9 Å². The molecule has 0 aliphatic carbocycles. The predicted octanol–water partition coefficient (Wildman–Crippen LogP) is 5.48. The van der Waals surface area contributed by atoms with E-state index in [9.17, 15) is 8.42 Å². The fourth-order valence-electron chi connectivity index (χ4n) is 3.55. The second-order valence-electron chi connectivity index (χ2n) is 7.69. The average Bonchev–Trinajstić information content (AvgIpc) is 2.80. The summed E-state index contributed by atoms with van der Waals surface area (Å²) < 4.78 is 33.0. The highest BCUT2D eigenvalue weighted by molar-refractivity contribution is 7.89. The van der Waals surface area contributed by atoms with E-state index in [0.29, 0.717) is 33.8 Å². The average molecular weight is 501 g/mol. The number of rotatable bonds is 11. The van der Waals surface area contributed by atoms with Crippen LogP contribution in [0.5, 0.6) is 5.75 Å². The summed E-state index contributed by atoms with van der Waals surface area (Å²) in [5.74, 6) is 0.655. The number of hydrogen-bond donors (Lipinski definition) is 1. The number of anilines is 1. The smallest absolute Gasteiger partial charge is 0.211 e. The lowest BCUT2D eigenvalue weighted by Crippen LogP contribution is -2.26. The van der Waals surface area contributed by atoms with Crippen molar-refractivity contribution in [2.75, 3.05) is 10.7 Å². The molecule has 3 aromatic rings. The van der Waals surface area contributed by atoms with Gasteiger partial charge in [-0.25, -0.2) is 18.1 Å². The molecule has 0 unspecified atom stereocenters. The standard InChI is InChI=1S/C25H29ClN4O3S/c1-5-11-30(7-3)23-13-18(4)29-25-20(23)9-8-10-24(25)33-17-21-19(14-27-16-22(21)26)15-28-34(31,32)12-6-2/h5,7-11,13-14,16,28H,3,6,12,15,17H2,1-2,4H3/b11-5-. The third-order valence-electron chi connectivity index (χ3n) is 5.11. The van der Waals surface area contributed by atoms with Gasteiger partial charge in [-0.15, -0.1) is 0 Å². The fraction of sp³-hybridized carbons (Fsp3) is 0.280. The van der Waals surface area contributed by atoms with Crippen LogP contribution < -0.4 is 14.4 Å². The Labute approximate surface area is 206 Å². The lowest BCUT2D eigenvalue weighted by molar-refractivity contribution is 0.308. The van der Waals surface area contributed by atoms with Crippen molar-refractivity contribution in [2.24, 2.45) is 0 Å². The number of aromatic nitrogens is 2. The molecule has 0 aliphatic rings. The zero-order valence-corrected chi connectivity index (χ0v) is 21.2. The van der Waals surface area contributed by atoms with Crippen molar-refractivity contribution < 1.29 is 13.2 Å². The first-order valence-corrected chi connectivity index (χ1v) is 13.0. The van der Waals surface area contributed by atoms with Crippen LogP contribution in [-0.2, 0) is 23.2 Å². The second kappa shape index (κ2) is 11.5. The number of nitrogens with zero attached hydrogens (tertiary/aromatic N) is 3. The Morgan fingerprint density at radius 1 is 1.29 bits per heavy atom. The van der Waals surface area contributed by atoms with Gasteiger partial charge in [0.05, 0.1) is 16.5 Å². The first-order chi connectivity index (χ1) is 16.3. The van der Waals surface area contributed by atoms with Crippen molar-refractivity contribution in [3.63, 3.8) is 0 Å². The first-order valence-electron chi connectivity index (χ1n) is 10.9. The number of benzene rings is 1. The van der Waals surface area contributed by atoms with Gasteiger partial charge in [-0.3, -0.25) is 4.98 Å². The van der Waals surface area contributed by atoms with E-state index in [0.717, 1.165) is 16.8 Å². The molecule has 7 nitrogen and oxygen atoms in total. The van der Waals surface area contributed by atoms with E-state index in [1.54, 1.807) is 12.4 Å². The topological polar surface area (TPSA) is 84.4 Å². The summed E-state index contributed by atoms with van der Waals surface area (Å²) in [6.45, 7) is 9.82. The van der Waals surface area contributed by atoms with Crippen LogP contribution in [0.1, 0.15) is 37.1 Å². The maximum Gasteiger partial charge on any atom is 0.211 e. The summed E-state index contributed by atoms with van der Waals surface area (Å²) in [5, 5.41) is 1.32. The molecule has 0 saturated heterocycles. The van der Waals surface area contributed by atoms with Crippen LogP contribution in [0.15, 0.2) is 61.7 Å². The van der Waals surface area contributed by atoms with Gasteiger partial charge in [0.25, 0.3) is 0 Å². The molecule has 180 valence electrons. The number of allylic oxidation sites excluding steroid dienone is 1. The number of pyridine rings is 2. The van der Waals surface area contributed by atoms with Crippen molar-refractivity contribution in [1.29, 1.82) is 0 Å². The highest BCUT2D eigenvalue weighted by Crippen LogP contribution is 2.33. The van der Waals surface area contributed by atoms with Crippen molar-refractivity contribution in [3.8, 4) is 5.75 Å². The maximum atomic E-state index is 12.1. The quantitative estimate of drug-likeness (QED) is 0.375.